The Morgan fingerprint density at radius 2 is 2.16 bits per heavy atom. The van der Waals surface area contributed by atoms with Gasteiger partial charge >= 0.3 is 0 Å². The van der Waals surface area contributed by atoms with Crippen molar-refractivity contribution in [3.05, 3.63) is 34.3 Å². The lowest BCUT2D eigenvalue weighted by Gasteiger charge is -2.28. The van der Waals surface area contributed by atoms with Gasteiger partial charge in [0.2, 0.25) is 0 Å². The zero-order valence-electron chi connectivity index (χ0n) is 11.3. The van der Waals surface area contributed by atoms with E-state index in [9.17, 15) is 5.11 Å². The first kappa shape index (κ1) is 14.3. The van der Waals surface area contributed by atoms with Crippen molar-refractivity contribution in [2.45, 2.75) is 31.9 Å². The van der Waals surface area contributed by atoms with Crippen molar-refractivity contribution >= 4 is 21.9 Å². The Hall–Kier alpha value is -1.07. The molecule has 5 heteroatoms. The average molecular weight is 326 g/mol. The lowest BCUT2D eigenvalue weighted by atomic mass is 9.91. The molecule has 1 aliphatic rings. The van der Waals surface area contributed by atoms with Crippen LogP contribution in [0.15, 0.2) is 33.7 Å². The van der Waals surface area contributed by atoms with Crippen LogP contribution in [0.3, 0.4) is 0 Å². The van der Waals surface area contributed by atoms with Crippen LogP contribution >= 0.6 is 15.9 Å². The number of benzene rings is 1. The van der Waals surface area contributed by atoms with Gasteiger partial charge in [0.05, 0.1) is 13.1 Å². The number of rotatable bonds is 4. The number of halogens is 1. The first-order valence-electron chi connectivity index (χ1n) is 6.57. The van der Waals surface area contributed by atoms with E-state index in [4.69, 9.17) is 0 Å². The summed E-state index contributed by atoms with van der Waals surface area (Å²) < 4.78 is 1.01. The van der Waals surface area contributed by atoms with Gasteiger partial charge in [-0.05, 0) is 31.0 Å². The molecule has 0 bridgehead atoms. The number of guanidine groups is 1. The molecule has 2 unspecified atom stereocenters. The molecule has 0 saturated heterocycles. The van der Waals surface area contributed by atoms with Crippen molar-refractivity contribution in [2.24, 2.45) is 4.99 Å². The van der Waals surface area contributed by atoms with E-state index >= 15 is 0 Å². The van der Waals surface area contributed by atoms with Crippen molar-refractivity contribution in [3.8, 4) is 0 Å². The largest absolute Gasteiger partial charge is 0.383 e. The maximum Gasteiger partial charge on any atom is 0.191 e. The zero-order valence-corrected chi connectivity index (χ0v) is 12.9. The number of nitrogens with one attached hydrogen (secondary N) is 2. The number of aliphatic hydroxyl groups is 1. The van der Waals surface area contributed by atoms with E-state index in [2.05, 4.69) is 38.5 Å². The monoisotopic (exact) mass is 325 g/mol. The van der Waals surface area contributed by atoms with Gasteiger partial charge in [-0.25, -0.2) is 0 Å². The molecule has 1 aromatic carbocycles. The first-order chi connectivity index (χ1) is 9.03. The Bertz CT molecular complexity index is 460. The summed E-state index contributed by atoms with van der Waals surface area (Å²) in [5, 5.41) is 17.2. The summed E-state index contributed by atoms with van der Waals surface area (Å²) >= 11 is 3.41. The Balaban J connectivity index is 2.03. The van der Waals surface area contributed by atoms with E-state index in [1.54, 1.807) is 0 Å². The van der Waals surface area contributed by atoms with Crippen LogP contribution in [0.1, 0.15) is 25.8 Å². The fourth-order valence-corrected chi connectivity index (χ4v) is 2.35. The SMILES string of the molecule is CCC(O)(CNC1=NCC(C)N1)c1ccc(Br)cc1. The van der Waals surface area contributed by atoms with Crippen molar-refractivity contribution < 1.29 is 5.11 Å². The van der Waals surface area contributed by atoms with Crippen molar-refractivity contribution in [3.63, 3.8) is 0 Å². The van der Waals surface area contributed by atoms with Crippen LogP contribution in [0.4, 0.5) is 0 Å². The van der Waals surface area contributed by atoms with E-state index in [-0.39, 0.29) is 0 Å². The lowest BCUT2D eigenvalue weighted by Crippen LogP contribution is -2.45. The van der Waals surface area contributed by atoms with Gasteiger partial charge in [-0.3, -0.25) is 4.99 Å². The molecule has 104 valence electrons. The molecule has 1 aromatic rings. The van der Waals surface area contributed by atoms with Gasteiger partial charge in [0.25, 0.3) is 0 Å². The molecule has 0 radical (unpaired) electrons. The Labute approximate surface area is 122 Å². The van der Waals surface area contributed by atoms with E-state index in [0.29, 0.717) is 19.0 Å². The summed E-state index contributed by atoms with van der Waals surface area (Å²) in [6.07, 6.45) is 0.643. The Morgan fingerprint density at radius 1 is 1.47 bits per heavy atom. The second-order valence-electron chi connectivity index (χ2n) is 4.98. The molecule has 4 nitrogen and oxygen atoms in total. The molecule has 0 fully saturated rings. The quantitative estimate of drug-likeness (QED) is 0.793. The van der Waals surface area contributed by atoms with E-state index in [0.717, 1.165) is 22.5 Å². The Morgan fingerprint density at radius 3 is 2.68 bits per heavy atom. The van der Waals surface area contributed by atoms with Crippen LogP contribution in [0, 0.1) is 0 Å². The molecule has 0 aliphatic carbocycles. The summed E-state index contributed by atoms with van der Waals surface area (Å²) in [6, 6.07) is 8.15. The van der Waals surface area contributed by atoms with Crippen LogP contribution in [0.2, 0.25) is 0 Å². The first-order valence-corrected chi connectivity index (χ1v) is 7.36. The Kier molecular flexibility index (Phi) is 4.47. The van der Waals surface area contributed by atoms with Gasteiger partial charge in [-0.1, -0.05) is 35.0 Å². The maximum atomic E-state index is 10.7. The molecule has 0 spiro atoms. The van der Waals surface area contributed by atoms with Gasteiger partial charge in [0.1, 0.15) is 5.60 Å². The second-order valence-corrected chi connectivity index (χ2v) is 5.90. The highest BCUT2D eigenvalue weighted by Crippen LogP contribution is 2.25. The average Bonchev–Trinajstić information content (AvgIpc) is 2.83. The predicted molar refractivity (Wildman–Crippen MR) is 81.2 cm³/mol. The minimum absolute atomic E-state index is 0.366. The zero-order chi connectivity index (χ0) is 13.9. The molecule has 2 atom stereocenters. The fraction of sp³-hybridized carbons (Fsp3) is 0.500. The highest BCUT2D eigenvalue weighted by molar-refractivity contribution is 9.10. The standard InChI is InChI=1S/C14H20BrN3O/c1-3-14(19,11-4-6-12(15)7-5-11)9-17-13-16-8-10(2)18-13/h4-7,10,19H,3,8-9H2,1-2H3,(H2,16,17,18). The summed E-state index contributed by atoms with van der Waals surface area (Å²) in [7, 11) is 0. The van der Waals surface area contributed by atoms with Gasteiger partial charge in [-0.2, -0.15) is 0 Å². The van der Waals surface area contributed by atoms with Crippen LogP contribution < -0.4 is 10.6 Å². The second kappa shape index (κ2) is 5.92. The van der Waals surface area contributed by atoms with Crippen LogP contribution in [0.25, 0.3) is 0 Å². The molecule has 0 saturated carbocycles. The molecular weight excluding hydrogens is 306 g/mol. The van der Waals surface area contributed by atoms with Gasteiger partial charge in [0, 0.05) is 10.5 Å². The normalized spacial score (nSPS) is 21.5. The lowest BCUT2D eigenvalue weighted by molar-refractivity contribution is 0.0370. The summed E-state index contributed by atoms with van der Waals surface area (Å²) in [4.78, 5) is 4.34. The van der Waals surface area contributed by atoms with Gasteiger partial charge in [-0.15, -0.1) is 0 Å². The molecule has 1 heterocycles. The molecule has 2 rings (SSSR count). The third kappa shape index (κ3) is 3.48. The van der Waals surface area contributed by atoms with Crippen LogP contribution in [-0.4, -0.2) is 30.2 Å². The molecule has 3 N–H and O–H groups in total. The number of nitrogens with zero attached hydrogens (tertiary/aromatic N) is 1. The third-order valence-corrected chi connectivity index (χ3v) is 3.95. The molecular formula is C14H20BrN3O. The van der Waals surface area contributed by atoms with Gasteiger partial charge in [0.15, 0.2) is 5.96 Å². The number of hydrogen-bond acceptors (Lipinski definition) is 4. The molecule has 0 aromatic heterocycles. The topological polar surface area (TPSA) is 56.6 Å². The summed E-state index contributed by atoms with van der Waals surface area (Å²) in [5.74, 6) is 0.775. The molecule has 19 heavy (non-hydrogen) atoms. The molecule has 0 amide bonds. The van der Waals surface area contributed by atoms with Crippen LogP contribution in [0.5, 0.6) is 0 Å². The smallest absolute Gasteiger partial charge is 0.191 e. The van der Waals surface area contributed by atoms with Gasteiger partial charge < -0.3 is 15.7 Å². The number of aliphatic imine (C=N–C) groups is 1. The van der Waals surface area contributed by atoms with Crippen molar-refractivity contribution in [1.82, 2.24) is 10.6 Å². The van der Waals surface area contributed by atoms with E-state index in [1.165, 1.54) is 0 Å². The minimum atomic E-state index is -0.878. The number of hydrogen-bond donors (Lipinski definition) is 3. The third-order valence-electron chi connectivity index (χ3n) is 3.42. The highest BCUT2D eigenvalue weighted by Gasteiger charge is 2.28. The van der Waals surface area contributed by atoms with Crippen molar-refractivity contribution in [2.75, 3.05) is 13.1 Å². The fourth-order valence-electron chi connectivity index (χ4n) is 2.08. The predicted octanol–water partition coefficient (Wildman–Crippen LogP) is 1.98. The maximum absolute atomic E-state index is 10.7. The van der Waals surface area contributed by atoms with E-state index in [1.807, 2.05) is 31.2 Å². The van der Waals surface area contributed by atoms with Crippen molar-refractivity contribution in [1.29, 1.82) is 0 Å². The summed E-state index contributed by atoms with van der Waals surface area (Å²) in [5.41, 5.74) is 0.0360. The minimum Gasteiger partial charge on any atom is -0.383 e. The summed E-state index contributed by atoms with van der Waals surface area (Å²) in [6.45, 7) is 5.30. The molecule has 1 aliphatic heterocycles. The van der Waals surface area contributed by atoms with Crippen LogP contribution in [-0.2, 0) is 5.60 Å². The highest BCUT2D eigenvalue weighted by atomic mass is 79.9. The van der Waals surface area contributed by atoms with E-state index < -0.39 is 5.60 Å².